The third-order valence-corrected chi connectivity index (χ3v) is 2.70. The minimum atomic E-state index is -0.519. The highest BCUT2D eigenvalue weighted by Crippen LogP contribution is 2.16. The Hall–Kier alpha value is -1.88. The van der Waals surface area contributed by atoms with Gasteiger partial charge in [0.1, 0.15) is 12.4 Å². The molecule has 4 nitrogen and oxygen atoms in total. The van der Waals surface area contributed by atoms with Crippen LogP contribution in [0, 0.1) is 5.82 Å². The topological polar surface area (TPSA) is 46.6 Å². The summed E-state index contributed by atoms with van der Waals surface area (Å²) >= 11 is 5.63. The molecule has 6 heteroatoms. The van der Waals surface area contributed by atoms with Crippen molar-refractivity contribution in [1.29, 1.82) is 0 Å². The predicted octanol–water partition coefficient (Wildman–Crippen LogP) is 2.51. The first-order chi connectivity index (χ1) is 9.43. The Morgan fingerprint density at radius 3 is 2.75 bits per heavy atom. The van der Waals surface area contributed by atoms with Gasteiger partial charge in [0, 0.05) is 13.1 Å². The summed E-state index contributed by atoms with van der Waals surface area (Å²) in [6.45, 7) is 1.84. The van der Waals surface area contributed by atoms with Crippen LogP contribution in [0.5, 0.6) is 0 Å². The minimum absolute atomic E-state index is 0.0144. The highest BCUT2D eigenvalue weighted by molar-refractivity contribution is 6.30. The van der Waals surface area contributed by atoms with Crippen LogP contribution in [0.1, 0.15) is 12.5 Å². The molecule has 0 aliphatic heterocycles. The van der Waals surface area contributed by atoms with E-state index in [0.717, 1.165) is 0 Å². The fourth-order valence-electron chi connectivity index (χ4n) is 1.39. The summed E-state index contributed by atoms with van der Waals surface area (Å²) in [4.78, 5) is 24.2. The van der Waals surface area contributed by atoms with Crippen molar-refractivity contribution >= 4 is 29.6 Å². The third-order valence-electron chi connectivity index (χ3n) is 2.41. The second kappa shape index (κ2) is 7.65. The highest BCUT2D eigenvalue weighted by Gasteiger charge is 2.10. The van der Waals surface area contributed by atoms with Crippen molar-refractivity contribution < 1.29 is 18.7 Å². The maximum absolute atomic E-state index is 13.0. The van der Waals surface area contributed by atoms with Crippen molar-refractivity contribution in [3.05, 3.63) is 40.7 Å². The number of halogens is 2. The van der Waals surface area contributed by atoms with E-state index in [1.165, 1.54) is 42.3 Å². The molecule has 1 rings (SSSR count). The molecule has 0 radical (unpaired) electrons. The van der Waals surface area contributed by atoms with Gasteiger partial charge in [-0.1, -0.05) is 17.7 Å². The lowest BCUT2D eigenvalue weighted by molar-refractivity contribution is -0.146. The zero-order chi connectivity index (χ0) is 15.1. The summed E-state index contributed by atoms with van der Waals surface area (Å²) < 4.78 is 17.7. The molecular weight excluding hydrogens is 285 g/mol. The second-order valence-corrected chi connectivity index (χ2v) is 4.41. The van der Waals surface area contributed by atoms with Gasteiger partial charge in [-0.05, 0) is 30.7 Å². The van der Waals surface area contributed by atoms with Gasteiger partial charge in [-0.25, -0.2) is 4.39 Å². The number of carbonyl (C=O) groups excluding carboxylic acids is 2. The molecule has 0 N–H and O–H groups in total. The second-order valence-electron chi connectivity index (χ2n) is 4.01. The molecule has 1 amide bonds. The number of hydrogen-bond donors (Lipinski definition) is 0. The van der Waals surface area contributed by atoms with E-state index < -0.39 is 11.8 Å². The van der Waals surface area contributed by atoms with Crippen LogP contribution in [0.15, 0.2) is 24.3 Å². The van der Waals surface area contributed by atoms with Crippen LogP contribution >= 0.6 is 11.6 Å². The monoisotopic (exact) mass is 299 g/mol. The fourth-order valence-corrected chi connectivity index (χ4v) is 1.58. The average molecular weight is 300 g/mol. The highest BCUT2D eigenvalue weighted by atomic mass is 35.5. The number of carbonyl (C=O) groups is 2. The van der Waals surface area contributed by atoms with Crippen LogP contribution in [-0.4, -0.2) is 37.0 Å². The summed E-state index contributed by atoms with van der Waals surface area (Å²) in [7, 11) is 1.49. The van der Waals surface area contributed by atoms with Crippen molar-refractivity contribution in [2.75, 3.05) is 20.2 Å². The van der Waals surface area contributed by atoms with Crippen LogP contribution in [0.25, 0.3) is 6.08 Å². The largest absolute Gasteiger partial charge is 0.465 e. The van der Waals surface area contributed by atoms with Gasteiger partial charge in [0.25, 0.3) is 0 Å². The normalized spacial score (nSPS) is 10.6. The number of amides is 1. The molecule has 0 aliphatic carbocycles. The first-order valence-electron chi connectivity index (χ1n) is 5.98. The van der Waals surface area contributed by atoms with E-state index in [9.17, 15) is 14.0 Å². The molecule has 0 saturated heterocycles. The van der Waals surface area contributed by atoms with Crippen LogP contribution in [0.3, 0.4) is 0 Å². The number of hydrogen-bond acceptors (Lipinski definition) is 3. The molecule has 1 aromatic carbocycles. The van der Waals surface area contributed by atoms with Crippen LogP contribution in [0.2, 0.25) is 5.02 Å². The Bertz CT molecular complexity index is 531. The summed E-state index contributed by atoms with van der Waals surface area (Å²) in [6, 6.07) is 4.12. The number of benzene rings is 1. The fraction of sp³-hybridized carbons (Fsp3) is 0.286. The standard InChI is InChI=1S/C14H15ClFNO3/c1-3-20-14(19)9-17(2)13(18)7-5-10-4-6-12(16)11(15)8-10/h4-8H,3,9H2,1-2H3. The molecule has 0 spiro atoms. The predicted molar refractivity (Wildman–Crippen MR) is 74.7 cm³/mol. The maximum Gasteiger partial charge on any atom is 0.325 e. The van der Waals surface area contributed by atoms with E-state index in [0.29, 0.717) is 5.56 Å². The molecule has 0 aromatic heterocycles. The van der Waals surface area contributed by atoms with Gasteiger partial charge < -0.3 is 9.64 Å². The Labute approximate surface area is 121 Å². The molecule has 1 aromatic rings. The van der Waals surface area contributed by atoms with Gasteiger partial charge in [-0.15, -0.1) is 0 Å². The van der Waals surface area contributed by atoms with Gasteiger partial charge >= 0.3 is 5.97 Å². The van der Waals surface area contributed by atoms with Gasteiger partial charge in [0.2, 0.25) is 5.91 Å². The zero-order valence-electron chi connectivity index (χ0n) is 11.2. The van der Waals surface area contributed by atoms with Gasteiger partial charge in [-0.2, -0.15) is 0 Å². The average Bonchev–Trinajstić information content (AvgIpc) is 2.39. The van der Waals surface area contributed by atoms with Crippen molar-refractivity contribution in [1.82, 2.24) is 4.90 Å². The summed E-state index contributed by atoms with van der Waals surface area (Å²) in [6.07, 6.45) is 2.78. The Balaban J connectivity index is 2.62. The number of ether oxygens (including phenoxy) is 1. The minimum Gasteiger partial charge on any atom is -0.465 e. The number of likely N-dealkylation sites (N-methyl/N-ethyl adjacent to an activating group) is 1. The molecule has 0 aliphatic rings. The van der Waals surface area contributed by atoms with Crippen molar-refractivity contribution in [2.24, 2.45) is 0 Å². The van der Waals surface area contributed by atoms with Gasteiger partial charge in [0.15, 0.2) is 0 Å². The molecule has 0 bridgehead atoms. The lowest BCUT2D eigenvalue weighted by Crippen LogP contribution is -2.31. The quantitative estimate of drug-likeness (QED) is 0.620. The zero-order valence-corrected chi connectivity index (χ0v) is 12.0. The van der Waals surface area contributed by atoms with E-state index in [-0.39, 0.29) is 24.1 Å². The van der Waals surface area contributed by atoms with E-state index >= 15 is 0 Å². The number of nitrogens with zero attached hydrogens (tertiary/aromatic N) is 1. The molecule has 20 heavy (non-hydrogen) atoms. The Morgan fingerprint density at radius 2 is 2.15 bits per heavy atom. The summed E-state index contributed by atoms with van der Waals surface area (Å²) in [5.74, 6) is -1.35. The first kappa shape index (κ1) is 16.2. The van der Waals surface area contributed by atoms with E-state index in [4.69, 9.17) is 16.3 Å². The lowest BCUT2D eigenvalue weighted by atomic mass is 10.2. The molecule has 0 saturated carbocycles. The van der Waals surface area contributed by atoms with E-state index in [2.05, 4.69) is 0 Å². The Morgan fingerprint density at radius 1 is 1.45 bits per heavy atom. The molecule has 0 atom stereocenters. The number of rotatable bonds is 5. The van der Waals surface area contributed by atoms with E-state index in [1.807, 2.05) is 0 Å². The van der Waals surface area contributed by atoms with Crippen molar-refractivity contribution in [3.63, 3.8) is 0 Å². The maximum atomic E-state index is 13.0. The molecule has 108 valence electrons. The Kier molecular flexibility index (Phi) is 6.18. The van der Waals surface area contributed by atoms with Crippen molar-refractivity contribution in [2.45, 2.75) is 6.92 Å². The van der Waals surface area contributed by atoms with Gasteiger partial charge in [-0.3, -0.25) is 9.59 Å². The number of esters is 1. The summed E-state index contributed by atoms with van der Waals surface area (Å²) in [5.41, 5.74) is 0.592. The van der Waals surface area contributed by atoms with Crippen LogP contribution in [0.4, 0.5) is 4.39 Å². The van der Waals surface area contributed by atoms with Gasteiger partial charge in [0.05, 0.1) is 11.6 Å². The summed E-state index contributed by atoms with van der Waals surface area (Å²) in [5, 5.41) is -0.0144. The first-order valence-corrected chi connectivity index (χ1v) is 6.35. The third kappa shape index (κ3) is 5.01. The lowest BCUT2D eigenvalue weighted by Gasteiger charge is -2.13. The van der Waals surface area contributed by atoms with Crippen molar-refractivity contribution in [3.8, 4) is 0 Å². The molecule has 0 unspecified atom stereocenters. The SMILES string of the molecule is CCOC(=O)CN(C)C(=O)C=Cc1ccc(F)c(Cl)c1. The smallest absolute Gasteiger partial charge is 0.325 e. The molecule has 0 fully saturated rings. The molecule has 0 heterocycles. The van der Waals surface area contributed by atoms with E-state index in [1.54, 1.807) is 6.92 Å². The van der Waals surface area contributed by atoms with Crippen LogP contribution < -0.4 is 0 Å². The van der Waals surface area contributed by atoms with Crippen LogP contribution in [-0.2, 0) is 14.3 Å². The molecular formula is C14H15ClFNO3.